The number of amides is 2. The van der Waals surface area contributed by atoms with E-state index in [1.807, 2.05) is 24.3 Å². The molecule has 0 aromatic heterocycles. The Morgan fingerprint density at radius 3 is 2.48 bits per heavy atom. The molecule has 2 aliphatic rings. The van der Waals surface area contributed by atoms with E-state index in [1.54, 1.807) is 29.0 Å². The predicted molar refractivity (Wildman–Crippen MR) is 105 cm³/mol. The highest BCUT2D eigenvalue weighted by Crippen LogP contribution is 2.36. The van der Waals surface area contributed by atoms with Gasteiger partial charge in [0.05, 0.1) is 19.1 Å². The van der Waals surface area contributed by atoms with Gasteiger partial charge in [-0.05, 0) is 42.3 Å². The van der Waals surface area contributed by atoms with Crippen molar-refractivity contribution < 1.29 is 18.0 Å². The molecule has 2 amide bonds. The van der Waals surface area contributed by atoms with Gasteiger partial charge in [0.1, 0.15) is 5.82 Å². The Bertz CT molecular complexity index is 887. The van der Waals surface area contributed by atoms with Crippen LogP contribution in [0.4, 0.5) is 18.0 Å². The maximum absolute atomic E-state index is 14.3. The molecule has 29 heavy (non-hydrogen) atoms. The molecule has 0 radical (unpaired) electrons. The Morgan fingerprint density at radius 2 is 1.72 bits per heavy atom. The quantitative estimate of drug-likeness (QED) is 0.725. The molecule has 0 spiro atoms. The van der Waals surface area contributed by atoms with Crippen LogP contribution in [0.1, 0.15) is 22.7 Å². The van der Waals surface area contributed by atoms with Crippen LogP contribution in [0.2, 0.25) is 0 Å². The summed E-state index contributed by atoms with van der Waals surface area (Å²) in [5.41, 5.74) is 2.84. The van der Waals surface area contributed by atoms with Gasteiger partial charge in [0, 0.05) is 19.6 Å². The number of fused-ring (bicyclic) bond motifs is 1. The Balaban J connectivity index is 1.69. The maximum atomic E-state index is 14.3. The van der Waals surface area contributed by atoms with E-state index in [1.165, 1.54) is 17.0 Å². The van der Waals surface area contributed by atoms with Crippen LogP contribution in [0.25, 0.3) is 0 Å². The molecule has 2 aromatic carbocycles. The summed E-state index contributed by atoms with van der Waals surface area (Å²) < 4.78 is 42.1. The number of alkyl halides is 2. The first kappa shape index (κ1) is 19.8. The van der Waals surface area contributed by atoms with Gasteiger partial charge in [-0.3, -0.25) is 4.90 Å². The Morgan fingerprint density at radius 1 is 1.00 bits per heavy atom. The van der Waals surface area contributed by atoms with Crippen molar-refractivity contribution in [3.05, 3.63) is 71.0 Å². The molecular weight excluding hydrogens is 379 g/mol. The molecule has 4 nitrogen and oxygen atoms in total. The van der Waals surface area contributed by atoms with Gasteiger partial charge in [-0.25, -0.2) is 18.0 Å². The fraction of sp³-hybridized carbons (Fsp3) is 0.409. The van der Waals surface area contributed by atoms with Crippen LogP contribution in [0.5, 0.6) is 0 Å². The van der Waals surface area contributed by atoms with Crippen molar-refractivity contribution in [1.82, 2.24) is 14.7 Å². The number of carbonyl (C=O) groups is 1. The minimum absolute atomic E-state index is 0.249. The van der Waals surface area contributed by atoms with E-state index in [4.69, 9.17) is 0 Å². The van der Waals surface area contributed by atoms with Crippen LogP contribution in [0, 0.1) is 5.82 Å². The van der Waals surface area contributed by atoms with E-state index in [-0.39, 0.29) is 18.9 Å². The van der Waals surface area contributed by atoms with Gasteiger partial charge in [-0.2, -0.15) is 0 Å². The zero-order chi connectivity index (χ0) is 20.6. The predicted octanol–water partition coefficient (Wildman–Crippen LogP) is 3.78. The van der Waals surface area contributed by atoms with Gasteiger partial charge >= 0.3 is 6.03 Å². The monoisotopic (exact) mass is 403 g/mol. The number of benzene rings is 2. The third-order valence-corrected chi connectivity index (χ3v) is 5.66. The summed E-state index contributed by atoms with van der Waals surface area (Å²) in [5, 5.41) is 0. The highest BCUT2D eigenvalue weighted by molar-refractivity contribution is 5.76. The molecule has 1 atom stereocenters. The zero-order valence-corrected chi connectivity index (χ0v) is 16.3. The standard InChI is InChI=1S/C22H24F3N3O/c1-26-12-13-27(15-22(24,25)14-26)21(29)28-11-10-16-4-2-3-5-19(16)20(28)17-6-8-18(23)9-7-17/h2-9,20H,10-15H2,1H3/t20-/m0/s1. The normalized spacial score (nSPS) is 22.1. The second-order valence-electron chi connectivity index (χ2n) is 7.89. The van der Waals surface area contributed by atoms with E-state index in [2.05, 4.69) is 0 Å². The molecule has 1 saturated heterocycles. The van der Waals surface area contributed by atoms with Gasteiger partial charge in [0.25, 0.3) is 5.92 Å². The molecule has 0 bridgehead atoms. The lowest BCUT2D eigenvalue weighted by molar-refractivity contribution is -0.0307. The minimum atomic E-state index is -2.96. The van der Waals surface area contributed by atoms with E-state index >= 15 is 0 Å². The lowest BCUT2D eigenvalue weighted by Gasteiger charge is -2.40. The summed E-state index contributed by atoms with van der Waals surface area (Å²) >= 11 is 0. The minimum Gasteiger partial charge on any atom is -0.317 e. The van der Waals surface area contributed by atoms with Gasteiger partial charge in [-0.15, -0.1) is 0 Å². The van der Waals surface area contributed by atoms with Crippen LogP contribution in [-0.2, 0) is 6.42 Å². The Labute approximate surface area is 168 Å². The summed E-state index contributed by atoms with van der Waals surface area (Å²) in [7, 11) is 1.64. The number of likely N-dealkylation sites (N-methyl/N-ethyl adjacent to an activating group) is 1. The van der Waals surface area contributed by atoms with E-state index in [0.29, 0.717) is 19.5 Å². The number of urea groups is 1. The molecule has 4 rings (SSSR count). The highest BCUT2D eigenvalue weighted by Gasteiger charge is 2.41. The van der Waals surface area contributed by atoms with Crippen LogP contribution < -0.4 is 0 Å². The van der Waals surface area contributed by atoms with Crippen molar-refractivity contribution >= 4 is 6.03 Å². The molecule has 2 aromatic rings. The third kappa shape index (κ3) is 4.10. The van der Waals surface area contributed by atoms with Crippen LogP contribution in [0.3, 0.4) is 0 Å². The molecule has 2 heterocycles. The fourth-order valence-electron chi connectivity index (χ4n) is 4.30. The van der Waals surface area contributed by atoms with Gasteiger partial charge < -0.3 is 9.80 Å². The largest absolute Gasteiger partial charge is 0.321 e. The number of nitrogens with zero attached hydrogens (tertiary/aromatic N) is 3. The number of rotatable bonds is 1. The van der Waals surface area contributed by atoms with Crippen LogP contribution >= 0.6 is 0 Å². The third-order valence-electron chi connectivity index (χ3n) is 5.66. The first-order chi connectivity index (χ1) is 13.8. The van der Waals surface area contributed by atoms with Gasteiger partial charge in [-0.1, -0.05) is 36.4 Å². The summed E-state index contributed by atoms with van der Waals surface area (Å²) in [4.78, 5) is 17.8. The van der Waals surface area contributed by atoms with Crippen molar-refractivity contribution in [2.45, 2.75) is 18.4 Å². The van der Waals surface area contributed by atoms with Crippen LogP contribution in [-0.4, -0.2) is 66.4 Å². The molecule has 0 N–H and O–H groups in total. The first-order valence-corrected chi connectivity index (χ1v) is 9.79. The van der Waals surface area contributed by atoms with Crippen molar-refractivity contribution in [3.63, 3.8) is 0 Å². The maximum Gasteiger partial charge on any atom is 0.321 e. The fourth-order valence-corrected chi connectivity index (χ4v) is 4.30. The molecule has 0 aliphatic carbocycles. The molecule has 7 heteroatoms. The summed E-state index contributed by atoms with van der Waals surface area (Å²) in [6.45, 7) is 0.118. The molecular formula is C22H24F3N3O. The Hall–Kier alpha value is -2.54. The number of halogens is 3. The molecule has 2 aliphatic heterocycles. The van der Waals surface area contributed by atoms with E-state index in [9.17, 15) is 18.0 Å². The summed E-state index contributed by atoms with van der Waals surface area (Å²) in [5.74, 6) is -3.31. The van der Waals surface area contributed by atoms with Crippen molar-refractivity contribution in [2.24, 2.45) is 0 Å². The van der Waals surface area contributed by atoms with Crippen LogP contribution in [0.15, 0.2) is 48.5 Å². The summed E-state index contributed by atoms with van der Waals surface area (Å²) in [6, 6.07) is 13.0. The second kappa shape index (κ2) is 7.71. The van der Waals surface area contributed by atoms with Crippen molar-refractivity contribution in [1.29, 1.82) is 0 Å². The number of carbonyl (C=O) groups excluding carboxylic acids is 1. The van der Waals surface area contributed by atoms with E-state index < -0.39 is 24.5 Å². The average molecular weight is 403 g/mol. The SMILES string of the molecule is CN1CCN(C(=O)N2CCc3ccccc3[C@@H]2c2ccc(F)cc2)CC(F)(F)C1. The lowest BCUT2D eigenvalue weighted by Crippen LogP contribution is -2.51. The highest BCUT2D eigenvalue weighted by atomic mass is 19.3. The van der Waals surface area contributed by atoms with Gasteiger partial charge in [0.15, 0.2) is 0 Å². The second-order valence-corrected chi connectivity index (χ2v) is 7.89. The zero-order valence-electron chi connectivity index (χ0n) is 16.3. The van der Waals surface area contributed by atoms with Gasteiger partial charge in [0.2, 0.25) is 0 Å². The number of hydrogen-bond acceptors (Lipinski definition) is 2. The molecule has 0 saturated carbocycles. The smallest absolute Gasteiger partial charge is 0.317 e. The summed E-state index contributed by atoms with van der Waals surface area (Å²) in [6.07, 6.45) is 0.656. The van der Waals surface area contributed by atoms with Crippen molar-refractivity contribution in [3.8, 4) is 0 Å². The molecule has 0 unspecified atom stereocenters. The average Bonchev–Trinajstić information content (AvgIpc) is 2.84. The molecule has 1 fully saturated rings. The lowest BCUT2D eigenvalue weighted by atomic mass is 9.88. The number of hydrogen-bond donors (Lipinski definition) is 0. The van der Waals surface area contributed by atoms with Crippen molar-refractivity contribution in [2.75, 3.05) is 39.8 Å². The van der Waals surface area contributed by atoms with E-state index in [0.717, 1.165) is 16.7 Å². The molecule has 154 valence electrons. The first-order valence-electron chi connectivity index (χ1n) is 9.79. The topological polar surface area (TPSA) is 26.8 Å². The Kier molecular flexibility index (Phi) is 5.25.